The molecule has 0 saturated heterocycles. The van der Waals surface area contributed by atoms with Crippen molar-refractivity contribution in [2.75, 3.05) is 23.7 Å². The summed E-state index contributed by atoms with van der Waals surface area (Å²) in [6.45, 7) is 10.4. The van der Waals surface area contributed by atoms with Gasteiger partial charge in [-0.1, -0.05) is 58.0 Å². The molecule has 26 heavy (non-hydrogen) atoms. The van der Waals surface area contributed by atoms with Crippen LogP contribution >= 0.6 is 0 Å². The predicted octanol–water partition coefficient (Wildman–Crippen LogP) is 4.04. The molecule has 0 bridgehead atoms. The second-order valence-corrected chi connectivity index (χ2v) is 8.01. The third-order valence-corrected chi connectivity index (χ3v) is 4.31. The lowest BCUT2D eigenvalue weighted by Gasteiger charge is -2.20. The number of aryl methyl sites for hydroxylation is 1. The Morgan fingerprint density at radius 1 is 1.08 bits per heavy atom. The van der Waals surface area contributed by atoms with Crippen molar-refractivity contribution >= 4 is 22.8 Å². The fourth-order valence-electron chi connectivity index (χ4n) is 2.73. The van der Waals surface area contributed by atoms with Crippen LogP contribution in [-0.2, 0) is 7.05 Å². The van der Waals surface area contributed by atoms with Crippen LogP contribution in [0.3, 0.4) is 0 Å². The van der Waals surface area contributed by atoms with Gasteiger partial charge in [-0.15, -0.1) is 0 Å². The highest BCUT2D eigenvalue weighted by molar-refractivity contribution is 5.87. The zero-order chi connectivity index (χ0) is 18.7. The summed E-state index contributed by atoms with van der Waals surface area (Å²) < 4.78 is 1.78. The molecular weight excluding hydrogens is 324 g/mol. The Kier molecular flexibility index (Phi) is 5.11. The molecule has 3 aromatic rings. The number of nitrogens with one attached hydrogen (secondary N) is 2. The topological polar surface area (TPSA) is 67.7 Å². The van der Waals surface area contributed by atoms with Gasteiger partial charge in [0, 0.05) is 20.1 Å². The molecule has 0 spiro atoms. The van der Waals surface area contributed by atoms with Crippen LogP contribution in [0.4, 0.5) is 11.8 Å². The van der Waals surface area contributed by atoms with Gasteiger partial charge >= 0.3 is 0 Å². The first-order chi connectivity index (χ1) is 12.3. The molecule has 0 aliphatic rings. The highest BCUT2D eigenvalue weighted by atomic mass is 15.3. The minimum Gasteiger partial charge on any atom is -0.369 e. The lowest BCUT2D eigenvalue weighted by Crippen LogP contribution is -2.20. The molecule has 2 aromatic heterocycles. The monoisotopic (exact) mass is 352 g/mol. The van der Waals surface area contributed by atoms with Crippen LogP contribution in [0.5, 0.6) is 0 Å². The number of anilines is 2. The summed E-state index contributed by atoms with van der Waals surface area (Å²) in [5.74, 6) is 1.82. The second-order valence-electron chi connectivity index (χ2n) is 8.01. The van der Waals surface area contributed by atoms with E-state index in [1.807, 2.05) is 19.3 Å². The van der Waals surface area contributed by atoms with E-state index in [4.69, 9.17) is 4.98 Å². The highest BCUT2D eigenvalue weighted by Crippen LogP contribution is 2.24. The van der Waals surface area contributed by atoms with Gasteiger partial charge in [-0.25, -0.2) is 0 Å². The Balaban J connectivity index is 1.80. The maximum Gasteiger partial charge on any atom is 0.226 e. The van der Waals surface area contributed by atoms with E-state index >= 15 is 0 Å². The van der Waals surface area contributed by atoms with E-state index in [0.29, 0.717) is 11.9 Å². The molecule has 1 aromatic carbocycles. The molecule has 0 saturated carbocycles. The van der Waals surface area contributed by atoms with Gasteiger partial charge in [0.2, 0.25) is 5.95 Å². The van der Waals surface area contributed by atoms with Gasteiger partial charge < -0.3 is 10.6 Å². The van der Waals surface area contributed by atoms with Crippen molar-refractivity contribution in [3.8, 4) is 0 Å². The Labute approximate surface area is 155 Å². The Morgan fingerprint density at radius 3 is 2.50 bits per heavy atom. The molecule has 138 valence electrons. The number of benzene rings is 1. The van der Waals surface area contributed by atoms with E-state index in [0.717, 1.165) is 29.9 Å². The van der Waals surface area contributed by atoms with Crippen molar-refractivity contribution in [3.63, 3.8) is 0 Å². The molecule has 0 aliphatic heterocycles. The normalized spacial score (nSPS) is 13.0. The lowest BCUT2D eigenvalue weighted by atomic mass is 9.97. The summed E-state index contributed by atoms with van der Waals surface area (Å²) in [4.78, 5) is 9.34. The van der Waals surface area contributed by atoms with Crippen molar-refractivity contribution in [1.29, 1.82) is 0 Å². The fraction of sp³-hybridized carbons (Fsp3) is 0.450. The largest absolute Gasteiger partial charge is 0.369 e. The van der Waals surface area contributed by atoms with Crippen LogP contribution in [0, 0.1) is 5.41 Å². The third-order valence-electron chi connectivity index (χ3n) is 4.31. The van der Waals surface area contributed by atoms with Crippen LogP contribution in [0.2, 0.25) is 0 Å². The number of rotatable bonds is 6. The highest BCUT2D eigenvalue weighted by Gasteiger charge is 2.15. The summed E-state index contributed by atoms with van der Waals surface area (Å²) in [5.41, 5.74) is 2.29. The number of hydrogen-bond donors (Lipinski definition) is 2. The van der Waals surface area contributed by atoms with Gasteiger partial charge in [0.1, 0.15) is 5.82 Å². The first-order valence-electron chi connectivity index (χ1n) is 9.06. The summed E-state index contributed by atoms with van der Waals surface area (Å²) in [6.07, 6.45) is 1.82. The van der Waals surface area contributed by atoms with Crippen LogP contribution < -0.4 is 10.6 Å². The van der Waals surface area contributed by atoms with Crippen LogP contribution in [-0.4, -0.2) is 32.8 Å². The quantitative estimate of drug-likeness (QED) is 0.701. The molecular formula is C20H28N6. The molecule has 2 heterocycles. The molecule has 1 atom stereocenters. The van der Waals surface area contributed by atoms with Crippen molar-refractivity contribution in [2.24, 2.45) is 12.5 Å². The minimum atomic E-state index is 0.162. The van der Waals surface area contributed by atoms with Crippen molar-refractivity contribution in [1.82, 2.24) is 19.7 Å². The molecule has 6 nitrogen and oxygen atoms in total. The molecule has 0 fully saturated rings. The zero-order valence-electron chi connectivity index (χ0n) is 16.2. The van der Waals surface area contributed by atoms with Gasteiger partial charge in [0.25, 0.3) is 0 Å². The van der Waals surface area contributed by atoms with E-state index in [1.165, 1.54) is 5.56 Å². The summed E-state index contributed by atoms with van der Waals surface area (Å²) in [5, 5.41) is 12.1. The van der Waals surface area contributed by atoms with Gasteiger partial charge in [0.15, 0.2) is 5.65 Å². The molecule has 0 radical (unpaired) electrons. The summed E-state index contributed by atoms with van der Waals surface area (Å²) >= 11 is 0. The SMILES string of the molecule is CC(CNc1nc(NCC(C)(C)C)c2cnn(C)c2n1)c1ccccc1. The third kappa shape index (κ3) is 4.31. The minimum absolute atomic E-state index is 0.162. The van der Waals surface area contributed by atoms with Crippen molar-refractivity contribution in [2.45, 2.75) is 33.6 Å². The first kappa shape index (κ1) is 18.2. The van der Waals surface area contributed by atoms with Gasteiger partial charge in [-0.2, -0.15) is 15.1 Å². The van der Waals surface area contributed by atoms with Gasteiger partial charge in [0.05, 0.1) is 11.6 Å². The predicted molar refractivity (Wildman–Crippen MR) is 108 cm³/mol. The van der Waals surface area contributed by atoms with E-state index in [-0.39, 0.29) is 5.41 Å². The average Bonchev–Trinajstić information content (AvgIpc) is 2.99. The van der Waals surface area contributed by atoms with Gasteiger partial charge in [-0.3, -0.25) is 4.68 Å². The molecule has 6 heteroatoms. The molecule has 2 N–H and O–H groups in total. The van der Waals surface area contributed by atoms with E-state index in [9.17, 15) is 0 Å². The fourth-order valence-corrected chi connectivity index (χ4v) is 2.73. The van der Waals surface area contributed by atoms with E-state index in [2.05, 4.69) is 72.7 Å². The smallest absolute Gasteiger partial charge is 0.226 e. The van der Waals surface area contributed by atoms with Crippen molar-refractivity contribution in [3.05, 3.63) is 42.1 Å². The molecule has 0 aliphatic carbocycles. The van der Waals surface area contributed by atoms with Crippen LogP contribution in [0.1, 0.15) is 39.2 Å². The zero-order valence-corrected chi connectivity index (χ0v) is 16.2. The van der Waals surface area contributed by atoms with Gasteiger partial charge in [-0.05, 0) is 16.9 Å². The maximum atomic E-state index is 4.70. The molecule has 1 unspecified atom stereocenters. The van der Waals surface area contributed by atoms with Crippen LogP contribution in [0.15, 0.2) is 36.5 Å². The Hall–Kier alpha value is -2.63. The maximum absolute atomic E-state index is 4.70. The number of aromatic nitrogens is 4. The molecule has 3 rings (SSSR count). The summed E-state index contributed by atoms with van der Waals surface area (Å²) in [7, 11) is 1.90. The van der Waals surface area contributed by atoms with Crippen molar-refractivity contribution < 1.29 is 0 Å². The number of nitrogens with zero attached hydrogens (tertiary/aromatic N) is 4. The standard InChI is InChI=1S/C20H28N6/c1-14(15-9-7-6-8-10-15)11-21-19-24-17(22-13-20(2,3)4)16-12-23-26(5)18(16)25-19/h6-10,12,14H,11,13H2,1-5H3,(H2,21,22,24,25). The summed E-state index contributed by atoms with van der Waals surface area (Å²) in [6, 6.07) is 10.5. The van der Waals surface area contributed by atoms with Crippen LogP contribution in [0.25, 0.3) is 11.0 Å². The number of hydrogen-bond acceptors (Lipinski definition) is 5. The first-order valence-corrected chi connectivity index (χ1v) is 9.06. The second kappa shape index (κ2) is 7.32. The number of fused-ring (bicyclic) bond motifs is 1. The Bertz CT molecular complexity index is 863. The average molecular weight is 352 g/mol. The molecule has 0 amide bonds. The Morgan fingerprint density at radius 2 is 1.81 bits per heavy atom. The van der Waals surface area contributed by atoms with E-state index in [1.54, 1.807) is 4.68 Å². The lowest BCUT2D eigenvalue weighted by molar-refractivity contribution is 0.442. The van der Waals surface area contributed by atoms with E-state index < -0.39 is 0 Å².